The van der Waals surface area contributed by atoms with Crippen molar-refractivity contribution in [2.75, 3.05) is 6.61 Å². The number of halogens is 1. The Morgan fingerprint density at radius 2 is 2.12 bits per heavy atom. The fraction of sp³-hybridized carbons (Fsp3) is 0.600. The molecule has 2 rings (SSSR count). The van der Waals surface area contributed by atoms with E-state index in [2.05, 4.69) is 9.51 Å². The highest BCUT2D eigenvalue weighted by Gasteiger charge is 2.57. The molecule has 0 aliphatic carbocycles. The number of alkyl halides is 1. The first-order valence-electron chi connectivity index (χ1n) is 6.36. The summed E-state index contributed by atoms with van der Waals surface area (Å²) in [5.41, 5.74) is -0.855. The van der Waals surface area contributed by atoms with Crippen LogP contribution in [0.2, 0.25) is 0 Å². The van der Waals surface area contributed by atoms with E-state index >= 15 is 0 Å². The van der Waals surface area contributed by atoms with E-state index in [-0.39, 0.29) is 10.2 Å². The number of nitrogens with zero attached hydrogens (tertiary/aromatic N) is 1. The van der Waals surface area contributed by atoms with Gasteiger partial charge in [0.15, 0.2) is 6.23 Å². The molecule has 14 heteroatoms. The molecule has 0 saturated carbocycles. The van der Waals surface area contributed by atoms with Crippen molar-refractivity contribution in [1.29, 1.82) is 0 Å². The lowest BCUT2D eigenvalue weighted by atomic mass is 10.1. The van der Waals surface area contributed by atoms with E-state index in [4.69, 9.17) is 31.8 Å². The number of H-pyrrole nitrogens is 1. The zero-order chi connectivity index (χ0) is 18.3. The molecular weight excluding hydrogens is 374 g/mol. The molecule has 1 aliphatic rings. The predicted molar refractivity (Wildman–Crippen MR) is 75.8 cm³/mol. The van der Waals surface area contributed by atoms with E-state index in [1.54, 1.807) is 0 Å². The Hall–Kier alpha value is -1.02. The van der Waals surface area contributed by atoms with Crippen LogP contribution in [0.15, 0.2) is 11.0 Å². The molecule has 11 nitrogen and oxygen atoms in total. The summed E-state index contributed by atoms with van der Waals surface area (Å²) < 4.78 is 34.5. The number of aromatic nitrogens is 2. The molecule has 6 N–H and O–H groups in total. The molecule has 1 fully saturated rings. The van der Waals surface area contributed by atoms with Crippen molar-refractivity contribution in [2.45, 2.75) is 30.9 Å². The van der Waals surface area contributed by atoms with Crippen LogP contribution in [0, 0.1) is 4.64 Å². The van der Waals surface area contributed by atoms with Gasteiger partial charge in [0.2, 0.25) is 0 Å². The van der Waals surface area contributed by atoms with Crippen molar-refractivity contribution in [2.24, 2.45) is 0 Å². The SMILES string of the molecule is O=c1[nH]c(=S)c(CO)cn1[C@@H]1O[C@](F)(COP(=O)(O)O)[C@@H](O)[C@H]1O. The number of nitrogens with one attached hydrogen (secondary N) is 1. The van der Waals surface area contributed by atoms with Gasteiger partial charge in [-0.05, 0) is 0 Å². The van der Waals surface area contributed by atoms with Crippen molar-refractivity contribution < 1.29 is 43.3 Å². The van der Waals surface area contributed by atoms with Crippen LogP contribution in [-0.4, -0.2) is 59.3 Å². The smallest absolute Gasteiger partial charge is 0.392 e. The Balaban J connectivity index is 2.35. The molecule has 1 aromatic heterocycles. The number of aliphatic hydroxyl groups excluding tert-OH is 3. The summed E-state index contributed by atoms with van der Waals surface area (Å²) >= 11 is 4.79. The lowest BCUT2D eigenvalue weighted by Crippen LogP contribution is -2.42. The number of hydrogen-bond acceptors (Lipinski definition) is 8. The highest BCUT2D eigenvalue weighted by atomic mass is 32.1. The summed E-state index contributed by atoms with van der Waals surface area (Å²) in [6.07, 6.45) is -4.99. The predicted octanol–water partition coefficient (Wildman–Crippen LogP) is -1.58. The van der Waals surface area contributed by atoms with Crippen molar-refractivity contribution in [3.05, 3.63) is 26.9 Å². The van der Waals surface area contributed by atoms with Gasteiger partial charge in [0.05, 0.1) is 6.61 Å². The average Bonchev–Trinajstić information content (AvgIpc) is 2.70. The number of aliphatic hydroxyl groups is 3. The minimum atomic E-state index is -5.06. The van der Waals surface area contributed by atoms with E-state index in [9.17, 15) is 24.0 Å². The minimum absolute atomic E-state index is 0.0673. The van der Waals surface area contributed by atoms with Gasteiger partial charge in [-0.2, -0.15) is 0 Å². The van der Waals surface area contributed by atoms with Crippen LogP contribution in [-0.2, 0) is 20.4 Å². The van der Waals surface area contributed by atoms with Crippen molar-refractivity contribution in [3.63, 3.8) is 0 Å². The van der Waals surface area contributed by atoms with Gasteiger partial charge in [-0.1, -0.05) is 12.2 Å². The van der Waals surface area contributed by atoms with Crippen LogP contribution < -0.4 is 5.69 Å². The quantitative estimate of drug-likeness (QED) is 0.255. The molecule has 0 spiro atoms. The summed E-state index contributed by atoms with van der Waals surface area (Å²) in [5, 5.41) is 28.8. The van der Waals surface area contributed by atoms with Gasteiger partial charge >= 0.3 is 13.5 Å². The Bertz CT molecular complexity index is 778. The van der Waals surface area contributed by atoms with Crippen molar-refractivity contribution in [3.8, 4) is 0 Å². The maximum absolute atomic E-state index is 14.5. The van der Waals surface area contributed by atoms with Gasteiger partial charge in [0.25, 0.3) is 5.85 Å². The topological polar surface area (TPSA) is 174 Å². The number of aromatic amines is 1. The molecular formula is C10H14FN2O9PS. The highest BCUT2D eigenvalue weighted by Crippen LogP contribution is 2.43. The second-order valence-electron chi connectivity index (χ2n) is 4.97. The molecule has 0 amide bonds. The Labute approximate surface area is 138 Å². The number of phosphoric ester groups is 1. The second kappa shape index (κ2) is 6.71. The number of ether oxygens (including phenoxy) is 1. The first-order chi connectivity index (χ1) is 11.0. The normalized spacial score (nSPS) is 30.7. The van der Waals surface area contributed by atoms with Gasteiger partial charge in [0.1, 0.15) is 23.5 Å². The largest absolute Gasteiger partial charge is 0.469 e. The van der Waals surface area contributed by atoms with Gasteiger partial charge in [-0.25, -0.2) is 13.8 Å². The van der Waals surface area contributed by atoms with E-state index in [0.29, 0.717) is 4.57 Å². The second-order valence-corrected chi connectivity index (χ2v) is 6.62. The summed E-state index contributed by atoms with van der Waals surface area (Å²) in [6, 6.07) is 0. The third-order valence-corrected chi connectivity index (χ3v) is 4.12. The van der Waals surface area contributed by atoms with Gasteiger partial charge < -0.3 is 29.8 Å². The maximum atomic E-state index is 14.5. The van der Waals surface area contributed by atoms with E-state index in [1.807, 2.05) is 0 Å². The fourth-order valence-electron chi connectivity index (χ4n) is 2.09. The van der Waals surface area contributed by atoms with Gasteiger partial charge in [-0.3, -0.25) is 14.1 Å². The zero-order valence-electron chi connectivity index (χ0n) is 11.8. The summed E-state index contributed by atoms with van der Waals surface area (Å²) in [7, 11) is -5.06. The van der Waals surface area contributed by atoms with Crippen LogP contribution in [0.3, 0.4) is 0 Å². The first kappa shape index (κ1) is 19.3. The molecule has 4 atom stereocenters. The fourth-order valence-corrected chi connectivity index (χ4v) is 2.64. The molecule has 136 valence electrons. The maximum Gasteiger partial charge on any atom is 0.469 e. The third kappa shape index (κ3) is 3.79. The molecule has 1 saturated heterocycles. The monoisotopic (exact) mass is 388 g/mol. The highest BCUT2D eigenvalue weighted by molar-refractivity contribution is 7.71. The minimum Gasteiger partial charge on any atom is -0.392 e. The molecule has 24 heavy (non-hydrogen) atoms. The van der Waals surface area contributed by atoms with E-state index in [1.165, 1.54) is 0 Å². The Morgan fingerprint density at radius 3 is 2.67 bits per heavy atom. The Kier molecular flexibility index (Phi) is 5.40. The Morgan fingerprint density at radius 1 is 1.50 bits per heavy atom. The van der Waals surface area contributed by atoms with Crippen LogP contribution >= 0.6 is 20.0 Å². The lowest BCUT2D eigenvalue weighted by molar-refractivity contribution is -0.205. The number of rotatable bonds is 5. The molecule has 0 aromatic carbocycles. The standard InChI is InChI=1S/C10H14FN2O9PS/c11-10(3-21-23(18,19)20)6(16)5(15)8(22-10)13-1-4(2-14)7(24)12-9(13)17/h1,5-6,8,14-16H,2-3H2,(H,12,17,24)(H2,18,19,20)/t5-,6+,8-,10-/m1/s1. The summed E-state index contributed by atoms with van der Waals surface area (Å²) in [4.78, 5) is 31.2. The van der Waals surface area contributed by atoms with Crippen molar-refractivity contribution in [1.82, 2.24) is 9.55 Å². The molecule has 1 aliphatic heterocycles. The lowest BCUT2D eigenvalue weighted by Gasteiger charge is -2.22. The summed E-state index contributed by atoms with van der Waals surface area (Å²) in [5.74, 6) is -3.18. The van der Waals surface area contributed by atoms with E-state index in [0.717, 1.165) is 6.20 Å². The molecule has 1 aromatic rings. The molecule has 2 heterocycles. The zero-order valence-corrected chi connectivity index (χ0v) is 13.5. The van der Waals surface area contributed by atoms with Crippen LogP contribution in [0.5, 0.6) is 0 Å². The van der Waals surface area contributed by atoms with Crippen LogP contribution in [0.4, 0.5) is 4.39 Å². The van der Waals surface area contributed by atoms with Crippen LogP contribution in [0.25, 0.3) is 0 Å². The van der Waals surface area contributed by atoms with Gasteiger partial charge in [-0.15, -0.1) is 0 Å². The van der Waals surface area contributed by atoms with Crippen molar-refractivity contribution >= 4 is 20.0 Å². The summed E-state index contributed by atoms with van der Waals surface area (Å²) in [6.45, 7) is -1.96. The number of hydrogen-bond donors (Lipinski definition) is 6. The molecule has 0 bridgehead atoms. The molecule has 0 unspecified atom stereocenters. The average molecular weight is 388 g/mol. The van der Waals surface area contributed by atoms with E-state index < -0.39 is 51.0 Å². The molecule has 0 radical (unpaired) electrons. The van der Waals surface area contributed by atoms with Gasteiger partial charge in [0, 0.05) is 11.8 Å². The van der Waals surface area contributed by atoms with Crippen LogP contribution in [0.1, 0.15) is 11.8 Å². The number of phosphoric acid groups is 1. The third-order valence-electron chi connectivity index (χ3n) is 3.29. The first-order valence-corrected chi connectivity index (χ1v) is 8.30.